The molecule has 2 rings (SSSR count). The number of nitro groups is 1. The number of carbonyl (C=O) groups excluding carboxylic acids is 1. The highest BCUT2D eigenvalue weighted by Gasteiger charge is 2.22. The minimum Gasteiger partial charge on any atom is -0.372 e. The number of hydrogen-bond acceptors (Lipinski definition) is 11. The van der Waals surface area contributed by atoms with E-state index >= 15 is 0 Å². The first kappa shape index (κ1) is 28.8. The lowest BCUT2D eigenvalue weighted by atomic mass is 10.2. The van der Waals surface area contributed by atoms with Crippen molar-refractivity contribution in [1.29, 1.82) is 0 Å². The number of carbonyl (C=O) groups is 1. The molecule has 0 saturated carbocycles. The first-order valence-electron chi connectivity index (χ1n) is 10.5. The number of anilines is 2. The number of nitrogens with one attached hydrogen (secondary N) is 1. The Morgan fingerprint density at radius 1 is 1.08 bits per heavy atom. The van der Waals surface area contributed by atoms with Crippen LogP contribution in [0.2, 0.25) is 0 Å². The van der Waals surface area contributed by atoms with Crippen LogP contribution in [0.15, 0.2) is 51.5 Å². The minimum absolute atomic E-state index is 0.217. The number of amides is 1. The average Bonchev–Trinajstić information content (AvgIpc) is 2.77. The number of sulfone groups is 1. The summed E-state index contributed by atoms with van der Waals surface area (Å²) in [6.07, 6.45) is 0. The second-order valence-electron chi connectivity index (χ2n) is 7.23. The Kier molecular flexibility index (Phi) is 9.57. The molecule has 0 aliphatic rings. The van der Waals surface area contributed by atoms with Crippen molar-refractivity contribution in [3.8, 4) is 0 Å². The van der Waals surface area contributed by atoms with Crippen molar-refractivity contribution in [3.63, 3.8) is 0 Å². The van der Waals surface area contributed by atoms with Gasteiger partial charge in [-0.1, -0.05) is 0 Å². The topological polar surface area (TPSA) is 198 Å². The van der Waals surface area contributed by atoms with Crippen LogP contribution in [0, 0.1) is 10.1 Å². The minimum atomic E-state index is -4.84. The van der Waals surface area contributed by atoms with Crippen LogP contribution in [0.1, 0.15) is 20.8 Å². The normalized spacial score (nSPS) is 12.0. The summed E-state index contributed by atoms with van der Waals surface area (Å²) in [5, 5.41) is 22.1. The van der Waals surface area contributed by atoms with Crippen molar-refractivity contribution in [2.24, 2.45) is 10.2 Å². The largest absolute Gasteiger partial charge is 0.397 e. The summed E-state index contributed by atoms with van der Waals surface area (Å²) in [5.74, 6) is -1.22. The number of nitro benzene ring substituents is 1. The molecule has 0 saturated heterocycles. The van der Waals surface area contributed by atoms with E-state index in [0.29, 0.717) is 5.69 Å². The molecule has 0 heterocycles. The van der Waals surface area contributed by atoms with Crippen molar-refractivity contribution in [2.45, 2.75) is 25.7 Å². The lowest BCUT2D eigenvalue weighted by Gasteiger charge is -2.22. The highest BCUT2D eigenvalue weighted by atomic mass is 32.3. The zero-order chi connectivity index (χ0) is 27.1. The lowest BCUT2D eigenvalue weighted by Crippen LogP contribution is -2.21. The maximum Gasteiger partial charge on any atom is 0.397 e. The molecule has 16 heteroatoms. The van der Waals surface area contributed by atoms with E-state index < -0.39 is 48.1 Å². The first-order valence-corrected chi connectivity index (χ1v) is 13.5. The van der Waals surface area contributed by atoms with Crippen LogP contribution >= 0.6 is 0 Å². The third-order valence-electron chi connectivity index (χ3n) is 4.77. The van der Waals surface area contributed by atoms with E-state index in [9.17, 15) is 31.7 Å². The van der Waals surface area contributed by atoms with Gasteiger partial charge >= 0.3 is 10.4 Å². The van der Waals surface area contributed by atoms with Gasteiger partial charge in [0, 0.05) is 31.8 Å². The van der Waals surface area contributed by atoms with E-state index in [0.717, 1.165) is 37.0 Å². The van der Waals surface area contributed by atoms with E-state index in [1.165, 1.54) is 6.92 Å². The van der Waals surface area contributed by atoms with Crippen LogP contribution in [-0.4, -0.2) is 57.7 Å². The van der Waals surface area contributed by atoms with Gasteiger partial charge in [0.1, 0.15) is 5.69 Å². The summed E-state index contributed by atoms with van der Waals surface area (Å²) in [5.41, 5.74) is 0.443. The maximum atomic E-state index is 12.4. The summed E-state index contributed by atoms with van der Waals surface area (Å²) < 4.78 is 58.5. The molecule has 2 aromatic rings. The molecule has 0 aliphatic carbocycles. The van der Waals surface area contributed by atoms with Gasteiger partial charge in [-0.3, -0.25) is 19.5 Å². The molecule has 0 radical (unpaired) electrons. The number of azo groups is 1. The SMILES string of the molecule is CCN(CC)c1ccc(N=Nc2ccc(S(=O)(=O)CCOS(=O)(=O)O)cc2[N+](=O)[O-])c(NC(C)=O)c1. The third kappa shape index (κ3) is 8.04. The van der Waals surface area contributed by atoms with E-state index in [2.05, 4.69) is 19.7 Å². The van der Waals surface area contributed by atoms with Gasteiger partial charge in [-0.15, -0.1) is 10.2 Å². The maximum absolute atomic E-state index is 12.4. The second kappa shape index (κ2) is 12.0. The Hall–Kier alpha value is -3.47. The van der Waals surface area contributed by atoms with Crippen LogP contribution in [0.4, 0.5) is 28.4 Å². The fourth-order valence-electron chi connectivity index (χ4n) is 3.09. The fourth-order valence-corrected chi connectivity index (χ4v) is 4.59. The standard InChI is InChI=1S/C20H25N5O9S2/c1-4-24(5-2)15-6-8-17(19(12-15)21-14(3)26)22-23-18-9-7-16(13-20(18)25(27)28)35(29,30)11-10-34-36(31,32)33/h6-9,12-13H,4-5,10-11H2,1-3H3,(H,21,26)(H,31,32,33). The van der Waals surface area contributed by atoms with Crippen LogP contribution in [0.3, 0.4) is 0 Å². The van der Waals surface area contributed by atoms with Gasteiger partial charge in [-0.25, -0.2) is 12.6 Å². The molecule has 0 fully saturated rings. The molecule has 36 heavy (non-hydrogen) atoms. The quantitative estimate of drug-likeness (QED) is 0.173. The third-order valence-corrected chi connectivity index (χ3v) is 6.91. The molecule has 2 N–H and O–H groups in total. The second-order valence-corrected chi connectivity index (χ2v) is 10.4. The van der Waals surface area contributed by atoms with Crippen LogP contribution in [0.25, 0.3) is 0 Å². The molecule has 2 aromatic carbocycles. The van der Waals surface area contributed by atoms with Gasteiger partial charge in [-0.2, -0.15) is 8.42 Å². The molecular weight excluding hydrogens is 518 g/mol. The Balaban J connectivity index is 2.42. The predicted molar refractivity (Wildman–Crippen MR) is 131 cm³/mol. The highest BCUT2D eigenvalue weighted by molar-refractivity contribution is 7.91. The van der Waals surface area contributed by atoms with E-state index in [1.807, 2.05) is 18.7 Å². The van der Waals surface area contributed by atoms with Crippen molar-refractivity contribution in [1.82, 2.24) is 0 Å². The average molecular weight is 544 g/mol. The van der Waals surface area contributed by atoms with Crippen molar-refractivity contribution >= 4 is 54.6 Å². The Labute approximate surface area is 208 Å². The van der Waals surface area contributed by atoms with Crippen LogP contribution < -0.4 is 10.2 Å². The summed E-state index contributed by atoms with van der Waals surface area (Å²) in [7, 11) is -9.03. The molecular formula is C20H25N5O9S2. The Morgan fingerprint density at radius 3 is 2.25 bits per heavy atom. The predicted octanol–water partition coefficient (Wildman–Crippen LogP) is 3.41. The summed E-state index contributed by atoms with van der Waals surface area (Å²) in [6.45, 7) is 5.82. The Bertz CT molecular complexity index is 1370. The van der Waals surface area contributed by atoms with Crippen molar-refractivity contribution in [2.75, 3.05) is 35.7 Å². The monoisotopic (exact) mass is 543 g/mol. The molecule has 196 valence electrons. The molecule has 0 bridgehead atoms. The molecule has 1 amide bonds. The summed E-state index contributed by atoms with van der Waals surface area (Å²) >= 11 is 0. The number of hydrogen-bond donors (Lipinski definition) is 2. The zero-order valence-electron chi connectivity index (χ0n) is 19.6. The van der Waals surface area contributed by atoms with Crippen molar-refractivity contribution < 1.29 is 35.3 Å². The van der Waals surface area contributed by atoms with Gasteiger partial charge in [0.15, 0.2) is 15.5 Å². The molecule has 14 nitrogen and oxygen atoms in total. The van der Waals surface area contributed by atoms with E-state index in [-0.39, 0.29) is 17.3 Å². The number of benzene rings is 2. The van der Waals surface area contributed by atoms with Crippen LogP contribution in [-0.2, 0) is 29.2 Å². The Morgan fingerprint density at radius 2 is 1.69 bits per heavy atom. The fraction of sp³-hybridized carbons (Fsp3) is 0.350. The van der Waals surface area contributed by atoms with Gasteiger partial charge < -0.3 is 10.2 Å². The van der Waals surface area contributed by atoms with Gasteiger partial charge in [0.2, 0.25) is 5.91 Å². The van der Waals surface area contributed by atoms with Gasteiger partial charge in [0.25, 0.3) is 5.69 Å². The molecule has 0 unspecified atom stereocenters. The zero-order valence-corrected chi connectivity index (χ0v) is 21.2. The number of rotatable bonds is 12. The van der Waals surface area contributed by atoms with Crippen molar-refractivity contribution in [3.05, 3.63) is 46.5 Å². The molecule has 0 aliphatic heterocycles. The first-order chi connectivity index (χ1) is 16.8. The number of nitrogens with zero attached hydrogens (tertiary/aromatic N) is 4. The molecule has 0 atom stereocenters. The lowest BCUT2D eigenvalue weighted by molar-refractivity contribution is -0.384. The molecule has 0 aromatic heterocycles. The van der Waals surface area contributed by atoms with Gasteiger partial charge in [-0.05, 0) is 44.2 Å². The van der Waals surface area contributed by atoms with Crippen LogP contribution in [0.5, 0.6) is 0 Å². The smallest absolute Gasteiger partial charge is 0.372 e. The molecule has 0 spiro atoms. The summed E-state index contributed by atoms with van der Waals surface area (Å²) in [4.78, 5) is 23.9. The van der Waals surface area contributed by atoms with E-state index in [4.69, 9.17) is 4.55 Å². The summed E-state index contributed by atoms with van der Waals surface area (Å²) in [6, 6.07) is 7.91. The highest BCUT2D eigenvalue weighted by Crippen LogP contribution is 2.35. The van der Waals surface area contributed by atoms with E-state index in [1.54, 1.807) is 18.2 Å². The van der Waals surface area contributed by atoms with Gasteiger partial charge in [0.05, 0.1) is 27.9 Å².